The van der Waals surface area contributed by atoms with Crippen LogP contribution in [0.2, 0.25) is 0 Å². The summed E-state index contributed by atoms with van der Waals surface area (Å²) in [7, 11) is 1.90. The predicted molar refractivity (Wildman–Crippen MR) is 69.5 cm³/mol. The van der Waals surface area contributed by atoms with Crippen molar-refractivity contribution < 1.29 is 4.74 Å². The molecule has 0 spiro atoms. The summed E-state index contributed by atoms with van der Waals surface area (Å²) in [5.41, 5.74) is 1.49. The van der Waals surface area contributed by atoms with E-state index in [2.05, 4.69) is 16.1 Å². The Labute approximate surface area is 108 Å². The van der Waals surface area contributed by atoms with Gasteiger partial charge in [0.15, 0.2) is 0 Å². The molecule has 1 saturated heterocycles. The number of ether oxygens (including phenoxy) is 1. The molecule has 5 nitrogen and oxygen atoms in total. The molecule has 1 aliphatic heterocycles. The predicted octanol–water partition coefficient (Wildman–Crippen LogP) is 1.61. The van der Waals surface area contributed by atoms with Crippen molar-refractivity contribution in [3.63, 3.8) is 0 Å². The Morgan fingerprint density at radius 2 is 2.33 bits per heavy atom. The van der Waals surface area contributed by atoms with E-state index >= 15 is 0 Å². The van der Waals surface area contributed by atoms with Crippen LogP contribution in [-0.4, -0.2) is 35.6 Å². The van der Waals surface area contributed by atoms with Gasteiger partial charge in [0.2, 0.25) is 0 Å². The Bertz CT molecular complexity index is 458. The second kappa shape index (κ2) is 5.40. The van der Waals surface area contributed by atoms with Gasteiger partial charge in [-0.25, -0.2) is 0 Å². The standard InChI is InChI=1S/C13H20N4O/c1-4-18-11-6-5-7-17(9-11)13-12(8-14)10(2)15-16(13)3/h11H,4-7,9H2,1-3H3. The van der Waals surface area contributed by atoms with Gasteiger partial charge in [-0.1, -0.05) is 0 Å². The van der Waals surface area contributed by atoms with E-state index in [-0.39, 0.29) is 6.10 Å². The highest BCUT2D eigenvalue weighted by molar-refractivity contribution is 5.57. The van der Waals surface area contributed by atoms with Gasteiger partial charge in [0.1, 0.15) is 17.5 Å². The number of nitriles is 1. The van der Waals surface area contributed by atoms with Crippen molar-refractivity contribution in [2.45, 2.75) is 32.8 Å². The Morgan fingerprint density at radius 3 is 3.00 bits per heavy atom. The molecule has 1 aliphatic rings. The van der Waals surface area contributed by atoms with Gasteiger partial charge < -0.3 is 9.64 Å². The zero-order valence-electron chi connectivity index (χ0n) is 11.3. The molecule has 0 saturated carbocycles. The molecular weight excluding hydrogens is 228 g/mol. The van der Waals surface area contributed by atoms with Gasteiger partial charge in [-0.2, -0.15) is 10.4 Å². The second-order valence-corrected chi connectivity index (χ2v) is 4.69. The number of anilines is 1. The molecule has 0 amide bonds. The van der Waals surface area contributed by atoms with Crippen LogP contribution in [0, 0.1) is 18.3 Å². The fourth-order valence-electron chi connectivity index (χ4n) is 2.64. The molecule has 0 aliphatic carbocycles. The first-order chi connectivity index (χ1) is 8.67. The van der Waals surface area contributed by atoms with Gasteiger partial charge in [0.25, 0.3) is 0 Å². The van der Waals surface area contributed by atoms with Crippen LogP contribution in [-0.2, 0) is 11.8 Å². The summed E-state index contributed by atoms with van der Waals surface area (Å²) in [4.78, 5) is 2.22. The zero-order valence-corrected chi connectivity index (χ0v) is 11.3. The molecule has 98 valence electrons. The molecule has 5 heteroatoms. The normalized spacial score (nSPS) is 19.9. The van der Waals surface area contributed by atoms with Crippen molar-refractivity contribution in [3.8, 4) is 6.07 Å². The maximum absolute atomic E-state index is 9.25. The van der Waals surface area contributed by atoms with Gasteiger partial charge in [-0.05, 0) is 26.7 Å². The maximum Gasteiger partial charge on any atom is 0.145 e. The van der Waals surface area contributed by atoms with Gasteiger partial charge >= 0.3 is 0 Å². The minimum atomic E-state index is 0.269. The van der Waals surface area contributed by atoms with Crippen LogP contribution in [0.4, 0.5) is 5.82 Å². The molecule has 0 radical (unpaired) electrons. The third kappa shape index (κ3) is 2.34. The number of rotatable bonds is 3. The Hall–Kier alpha value is -1.54. The van der Waals surface area contributed by atoms with Crippen LogP contribution < -0.4 is 4.90 Å². The molecule has 1 atom stereocenters. The molecule has 2 rings (SSSR count). The molecule has 1 aromatic heterocycles. The molecule has 2 heterocycles. The summed E-state index contributed by atoms with van der Waals surface area (Å²) in [6.45, 7) is 6.46. The highest BCUT2D eigenvalue weighted by Gasteiger charge is 2.25. The van der Waals surface area contributed by atoms with Crippen molar-refractivity contribution in [3.05, 3.63) is 11.3 Å². The number of nitrogens with zero attached hydrogens (tertiary/aromatic N) is 4. The Kier molecular flexibility index (Phi) is 3.87. The monoisotopic (exact) mass is 248 g/mol. The maximum atomic E-state index is 9.25. The fourth-order valence-corrected chi connectivity index (χ4v) is 2.64. The molecular formula is C13H20N4O. The summed E-state index contributed by atoms with van der Waals surface area (Å²) in [6.07, 6.45) is 2.47. The second-order valence-electron chi connectivity index (χ2n) is 4.69. The van der Waals surface area contributed by atoms with Gasteiger partial charge in [-0.3, -0.25) is 4.68 Å². The van der Waals surface area contributed by atoms with E-state index in [4.69, 9.17) is 4.74 Å². The molecule has 0 N–H and O–H groups in total. The largest absolute Gasteiger partial charge is 0.377 e. The molecule has 1 unspecified atom stereocenters. The SMILES string of the molecule is CCOC1CCCN(c2c(C#N)c(C)nn2C)C1. The summed E-state index contributed by atoms with van der Waals surface area (Å²) in [6, 6.07) is 2.26. The Morgan fingerprint density at radius 1 is 1.56 bits per heavy atom. The summed E-state index contributed by atoms with van der Waals surface area (Å²) < 4.78 is 7.51. The van der Waals surface area contributed by atoms with Crippen molar-refractivity contribution in [1.29, 1.82) is 5.26 Å². The van der Waals surface area contributed by atoms with E-state index < -0.39 is 0 Å². The van der Waals surface area contributed by atoms with E-state index in [1.807, 2.05) is 25.6 Å². The quantitative estimate of drug-likeness (QED) is 0.815. The molecule has 1 aromatic rings. The molecule has 18 heavy (non-hydrogen) atoms. The van der Waals surface area contributed by atoms with Crippen molar-refractivity contribution in [2.75, 3.05) is 24.6 Å². The molecule has 1 fully saturated rings. The Balaban J connectivity index is 2.23. The van der Waals surface area contributed by atoms with Crippen molar-refractivity contribution >= 4 is 5.82 Å². The van der Waals surface area contributed by atoms with Crippen LogP contribution in [0.3, 0.4) is 0 Å². The smallest absolute Gasteiger partial charge is 0.145 e. The van der Waals surface area contributed by atoms with E-state index in [1.165, 1.54) is 0 Å². The van der Waals surface area contributed by atoms with Crippen LogP contribution in [0.5, 0.6) is 0 Å². The summed E-state index contributed by atoms with van der Waals surface area (Å²) in [5.74, 6) is 0.930. The number of hydrogen-bond donors (Lipinski definition) is 0. The van der Waals surface area contributed by atoms with E-state index in [0.717, 1.165) is 44.0 Å². The lowest BCUT2D eigenvalue weighted by Gasteiger charge is -2.33. The van der Waals surface area contributed by atoms with Gasteiger partial charge in [0.05, 0.1) is 11.8 Å². The van der Waals surface area contributed by atoms with Crippen LogP contribution in [0.25, 0.3) is 0 Å². The lowest BCUT2D eigenvalue weighted by molar-refractivity contribution is 0.0524. The number of piperidine rings is 1. The fraction of sp³-hybridized carbons (Fsp3) is 0.692. The topological polar surface area (TPSA) is 54.1 Å². The van der Waals surface area contributed by atoms with Gasteiger partial charge in [0, 0.05) is 26.7 Å². The average Bonchev–Trinajstić information content (AvgIpc) is 2.64. The van der Waals surface area contributed by atoms with Crippen LogP contribution >= 0.6 is 0 Å². The first-order valence-electron chi connectivity index (χ1n) is 6.47. The first kappa shape index (κ1) is 12.9. The third-order valence-corrected chi connectivity index (χ3v) is 3.38. The van der Waals surface area contributed by atoms with E-state index in [0.29, 0.717) is 5.56 Å². The van der Waals surface area contributed by atoms with E-state index in [9.17, 15) is 5.26 Å². The number of hydrogen-bond acceptors (Lipinski definition) is 4. The number of aryl methyl sites for hydroxylation is 2. The minimum Gasteiger partial charge on any atom is -0.377 e. The number of aromatic nitrogens is 2. The average molecular weight is 248 g/mol. The third-order valence-electron chi connectivity index (χ3n) is 3.38. The molecule has 0 aromatic carbocycles. The first-order valence-corrected chi connectivity index (χ1v) is 6.47. The van der Waals surface area contributed by atoms with Crippen LogP contribution in [0.1, 0.15) is 31.0 Å². The van der Waals surface area contributed by atoms with Crippen LogP contribution in [0.15, 0.2) is 0 Å². The minimum absolute atomic E-state index is 0.269. The zero-order chi connectivity index (χ0) is 13.1. The lowest BCUT2D eigenvalue weighted by Crippen LogP contribution is -2.41. The van der Waals surface area contributed by atoms with Crippen molar-refractivity contribution in [2.24, 2.45) is 7.05 Å². The van der Waals surface area contributed by atoms with Gasteiger partial charge in [-0.15, -0.1) is 0 Å². The summed E-state index contributed by atoms with van der Waals surface area (Å²) in [5, 5.41) is 13.6. The van der Waals surface area contributed by atoms with E-state index in [1.54, 1.807) is 0 Å². The lowest BCUT2D eigenvalue weighted by atomic mass is 10.1. The van der Waals surface area contributed by atoms with Crippen molar-refractivity contribution in [1.82, 2.24) is 9.78 Å². The summed E-state index contributed by atoms with van der Waals surface area (Å²) >= 11 is 0. The molecule has 0 bridgehead atoms. The highest BCUT2D eigenvalue weighted by atomic mass is 16.5. The highest BCUT2D eigenvalue weighted by Crippen LogP contribution is 2.26.